The SMILES string of the molecule is C[NH+](C)CCCNC(=O)c1cc(NC(=O)CCC2CCCC2)ccc1N1CCCC1. The number of amides is 2. The van der Waals surface area contributed by atoms with Crippen molar-refractivity contribution in [2.75, 3.05) is 50.5 Å². The van der Waals surface area contributed by atoms with Crippen molar-refractivity contribution >= 4 is 23.2 Å². The van der Waals surface area contributed by atoms with Gasteiger partial charge in [-0.05, 0) is 43.4 Å². The monoisotopic (exact) mass is 415 g/mol. The first-order valence-electron chi connectivity index (χ1n) is 11.8. The number of nitrogens with zero attached hydrogens (tertiary/aromatic N) is 1. The molecule has 1 aromatic carbocycles. The van der Waals surface area contributed by atoms with Crippen molar-refractivity contribution in [2.24, 2.45) is 5.92 Å². The summed E-state index contributed by atoms with van der Waals surface area (Å²) in [5.74, 6) is 0.711. The normalized spacial score (nSPS) is 17.0. The molecule has 1 heterocycles. The van der Waals surface area contributed by atoms with Gasteiger partial charge in [0, 0.05) is 43.9 Å². The topological polar surface area (TPSA) is 65.9 Å². The molecule has 0 bridgehead atoms. The van der Waals surface area contributed by atoms with Gasteiger partial charge in [-0.15, -0.1) is 0 Å². The molecule has 3 N–H and O–H groups in total. The highest BCUT2D eigenvalue weighted by Crippen LogP contribution is 2.30. The number of quaternary nitrogens is 1. The predicted octanol–water partition coefficient (Wildman–Crippen LogP) is 2.46. The van der Waals surface area contributed by atoms with Crippen LogP contribution in [0.4, 0.5) is 11.4 Å². The summed E-state index contributed by atoms with van der Waals surface area (Å²) in [6.45, 7) is 3.66. The molecule has 0 radical (unpaired) electrons. The van der Waals surface area contributed by atoms with E-state index < -0.39 is 0 Å². The number of rotatable bonds is 10. The maximum Gasteiger partial charge on any atom is 0.253 e. The van der Waals surface area contributed by atoms with Crippen LogP contribution in [0.1, 0.15) is 68.1 Å². The number of nitrogens with one attached hydrogen (secondary N) is 3. The minimum atomic E-state index is -0.0484. The largest absolute Gasteiger partial charge is 0.371 e. The van der Waals surface area contributed by atoms with Gasteiger partial charge in [0.1, 0.15) is 0 Å². The number of carbonyl (C=O) groups is 2. The number of anilines is 2. The van der Waals surface area contributed by atoms with E-state index in [1.54, 1.807) is 0 Å². The molecule has 0 aromatic heterocycles. The van der Waals surface area contributed by atoms with E-state index >= 15 is 0 Å². The van der Waals surface area contributed by atoms with E-state index in [2.05, 4.69) is 29.6 Å². The van der Waals surface area contributed by atoms with Crippen molar-refractivity contribution in [3.8, 4) is 0 Å². The molecule has 1 saturated heterocycles. The lowest BCUT2D eigenvalue weighted by molar-refractivity contribution is -0.858. The molecule has 30 heavy (non-hydrogen) atoms. The van der Waals surface area contributed by atoms with Gasteiger partial charge in [0.25, 0.3) is 5.91 Å². The summed E-state index contributed by atoms with van der Waals surface area (Å²) in [5.41, 5.74) is 2.37. The third-order valence-corrected chi connectivity index (χ3v) is 6.37. The van der Waals surface area contributed by atoms with Crippen LogP contribution >= 0.6 is 0 Å². The van der Waals surface area contributed by atoms with Crippen LogP contribution in [-0.4, -0.2) is 52.1 Å². The Hall–Kier alpha value is -2.08. The fourth-order valence-electron chi connectivity index (χ4n) is 4.63. The molecule has 1 aromatic rings. The van der Waals surface area contributed by atoms with Gasteiger partial charge in [-0.2, -0.15) is 0 Å². The summed E-state index contributed by atoms with van der Waals surface area (Å²) in [7, 11) is 4.23. The van der Waals surface area contributed by atoms with Gasteiger partial charge in [-0.3, -0.25) is 9.59 Å². The zero-order valence-electron chi connectivity index (χ0n) is 18.8. The predicted molar refractivity (Wildman–Crippen MR) is 122 cm³/mol. The van der Waals surface area contributed by atoms with Crippen LogP contribution in [0.5, 0.6) is 0 Å². The number of hydrogen-bond donors (Lipinski definition) is 3. The Balaban J connectivity index is 1.63. The van der Waals surface area contributed by atoms with Gasteiger partial charge in [-0.25, -0.2) is 0 Å². The first-order chi connectivity index (χ1) is 14.5. The Bertz CT molecular complexity index is 707. The van der Waals surface area contributed by atoms with Gasteiger partial charge in [0.05, 0.1) is 26.2 Å². The van der Waals surface area contributed by atoms with Gasteiger partial charge >= 0.3 is 0 Å². The Morgan fingerprint density at radius 1 is 1.10 bits per heavy atom. The fourth-order valence-corrected chi connectivity index (χ4v) is 4.63. The van der Waals surface area contributed by atoms with Gasteiger partial charge in [-0.1, -0.05) is 25.7 Å². The minimum Gasteiger partial charge on any atom is -0.371 e. The summed E-state index contributed by atoms with van der Waals surface area (Å²) in [6.07, 6.45) is 9.93. The summed E-state index contributed by atoms with van der Waals surface area (Å²) >= 11 is 0. The molecule has 2 aliphatic rings. The standard InChI is InChI=1S/C24H38N4O2/c1-27(2)15-7-14-25-24(30)21-18-20(11-12-22(21)28-16-5-6-17-28)26-23(29)13-10-19-8-3-4-9-19/h11-12,18-19H,3-10,13-17H2,1-2H3,(H,25,30)(H,26,29)/p+1. The minimum absolute atomic E-state index is 0.0484. The van der Waals surface area contributed by atoms with Crippen LogP contribution in [0.3, 0.4) is 0 Å². The number of hydrogen-bond acceptors (Lipinski definition) is 3. The summed E-state index contributed by atoms with van der Waals surface area (Å²) in [6, 6.07) is 5.79. The van der Waals surface area contributed by atoms with Crippen molar-refractivity contribution in [3.63, 3.8) is 0 Å². The molecule has 3 rings (SSSR count). The van der Waals surface area contributed by atoms with Crippen molar-refractivity contribution in [2.45, 2.75) is 57.8 Å². The average Bonchev–Trinajstić information content (AvgIpc) is 3.43. The van der Waals surface area contributed by atoms with Crippen LogP contribution in [0.2, 0.25) is 0 Å². The van der Waals surface area contributed by atoms with Crippen LogP contribution in [0.15, 0.2) is 18.2 Å². The lowest BCUT2D eigenvalue weighted by Gasteiger charge is -2.22. The maximum atomic E-state index is 12.9. The van der Waals surface area contributed by atoms with E-state index in [4.69, 9.17) is 0 Å². The quantitative estimate of drug-likeness (QED) is 0.515. The van der Waals surface area contributed by atoms with Crippen molar-refractivity contribution in [1.29, 1.82) is 0 Å². The molecule has 1 aliphatic heterocycles. The van der Waals surface area contributed by atoms with Crippen molar-refractivity contribution in [3.05, 3.63) is 23.8 Å². The van der Waals surface area contributed by atoms with E-state index in [9.17, 15) is 9.59 Å². The van der Waals surface area contributed by atoms with E-state index in [-0.39, 0.29) is 11.8 Å². The summed E-state index contributed by atoms with van der Waals surface area (Å²) in [4.78, 5) is 29.1. The second-order valence-corrected chi connectivity index (χ2v) is 9.23. The zero-order chi connectivity index (χ0) is 21.3. The second-order valence-electron chi connectivity index (χ2n) is 9.23. The Labute approximate surface area is 181 Å². The van der Waals surface area contributed by atoms with Crippen LogP contribution in [0, 0.1) is 5.92 Å². The molecule has 166 valence electrons. The Morgan fingerprint density at radius 3 is 2.53 bits per heavy atom. The Kier molecular flexibility index (Phi) is 8.55. The van der Waals surface area contributed by atoms with Crippen LogP contribution < -0.4 is 20.4 Å². The average molecular weight is 416 g/mol. The first-order valence-corrected chi connectivity index (χ1v) is 11.8. The highest BCUT2D eigenvalue weighted by molar-refractivity contribution is 6.02. The molecular formula is C24H39N4O2+. The van der Waals surface area contributed by atoms with Crippen LogP contribution in [0.25, 0.3) is 0 Å². The molecule has 1 aliphatic carbocycles. The maximum absolute atomic E-state index is 12.9. The summed E-state index contributed by atoms with van der Waals surface area (Å²) < 4.78 is 0. The Morgan fingerprint density at radius 2 is 1.83 bits per heavy atom. The van der Waals surface area contributed by atoms with E-state index in [0.29, 0.717) is 24.4 Å². The third kappa shape index (κ3) is 6.73. The van der Waals surface area contributed by atoms with Gasteiger partial charge in [0.2, 0.25) is 5.91 Å². The smallest absolute Gasteiger partial charge is 0.253 e. The molecule has 2 amide bonds. The third-order valence-electron chi connectivity index (χ3n) is 6.37. The van der Waals surface area contributed by atoms with Gasteiger partial charge < -0.3 is 20.4 Å². The van der Waals surface area contributed by atoms with E-state index in [1.165, 1.54) is 30.6 Å². The molecule has 2 fully saturated rings. The highest BCUT2D eigenvalue weighted by atomic mass is 16.2. The zero-order valence-corrected chi connectivity index (χ0v) is 18.8. The van der Waals surface area contributed by atoms with Gasteiger partial charge in [0.15, 0.2) is 0 Å². The fraction of sp³-hybridized carbons (Fsp3) is 0.667. The number of benzene rings is 1. The molecular weight excluding hydrogens is 376 g/mol. The van der Waals surface area contributed by atoms with E-state index in [1.807, 2.05) is 18.2 Å². The highest BCUT2D eigenvalue weighted by Gasteiger charge is 2.21. The van der Waals surface area contributed by atoms with Crippen molar-refractivity contribution in [1.82, 2.24) is 5.32 Å². The second kappa shape index (κ2) is 11.3. The summed E-state index contributed by atoms with van der Waals surface area (Å²) in [5, 5.41) is 6.09. The molecule has 0 unspecified atom stereocenters. The van der Waals surface area contributed by atoms with E-state index in [0.717, 1.165) is 56.7 Å². The molecule has 6 nitrogen and oxygen atoms in total. The molecule has 0 spiro atoms. The molecule has 6 heteroatoms. The molecule has 1 saturated carbocycles. The lowest BCUT2D eigenvalue weighted by Crippen LogP contribution is -3.05. The first kappa shape index (κ1) is 22.6. The van der Waals surface area contributed by atoms with Crippen molar-refractivity contribution < 1.29 is 14.5 Å². The lowest BCUT2D eigenvalue weighted by atomic mass is 10.0. The molecule has 0 atom stereocenters. The van der Waals surface area contributed by atoms with Crippen LogP contribution in [-0.2, 0) is 4.79 Å². The number of carbonyl (C=O) groups excluding carboxylic acids is 2.